The molecule has 0 amide bonds. The molecule has 0 aliphatic rings. The quantitative estimate of drug-likeness (QED) is 0.379. The third-order valence-corrected chi connectivity index (χ3v) is 5.41. The molecule has 0 atom stereocenters. The van der Waals surface area contributed by atoms with Crippen LogP contribution in [0.5, 0.6) is 11.5 Å². The van der Waals surface area contributed by atoms with Crippen LogP contribution in [0.3, 0.4) is 0 Å². The van der Waals surface area contributed by atoms with Gasteiger partial charge in [0.05, 0.1) is 38.0 Å². The molecule has 0 saturated carbocycles. The van der Waals surface area contributed by atoms with Gasteiger partial charge >= 0.3 is 5.97 Å². The number of fused-ring (bicyclic) bond motifs is 1. The van der Waals surface area contributed by atoms with E-state index in [4.69, 9.17) is 24.4 Å². The standard InChI is InChI=1S/C25H22F2N2O5/c1-31-16-4-3-14(10-22(30)32-2)21(11-16)34-13-15-9-19(25-18(23(15)26)6-8-33-25)17-5-7-29-20(12-28)24(17)27/h3-9,11H,10,12-13,28H2,1-2H3. The van der Waals surface area contributed by atoms with E-state index in [9.17, 15) is 4.79 Å². The van der Waals surface area contributed by atoms with Crippen molar-refractivity contribution in [3.63, 3.8) is 0 Å². The molecule has 0 aliphatic carbocycles. The van der Waals surface area contributed by atoms with E-state index < -0.39 is 17.6 Å². The minimum absolute atomic E-state index is 0.0333. The van der Waals surface area contributed by atoms with Crippen molar-refractivity contribution in [1.82, 2.24) is 4.98 Å². The highest BCUT2D eigenvalue weighted by Crippen LogP contribution is 2.36. The number of hydrogen-bond acceptors (Lipinski definition) is 7. The Morgan fingerprint density at radius 3 is 2.62 bits per heavy atom. The largest absolute Gasteiger partial charge is 0.497 e. The second-order valence-electron chi connectivity index (χ2n) is 7.40. The number of aromatic nitrogens is 1. The number of methoxy groups -OCH3 is 2. The van der Waals surface area contributed by atoms with Gasteiger partial charge in [0.15, 0.2) is 5.82 Å². The molecule has 9 heteroatoms. The van der Waals surface area contributed by atoms with Gasteiger partial charge in [-0.1, -0.05) is 6.07 Å². The van der Waals surface area contributed by atoms with Crippen LogP contribution < -0.4 is 15.2 Å². The summed E-state index contributed by atoms with van der Waals surface area (Å²) in [7, 11) is 2.79. The molecule has 0 unspecified atom stereocenters. The maximum atomic E-state index is 15.3. The molecule has 0 radical (unpaired) electrons. The number of rotatable bonds is 8. The van der Waals surface area contributed by atoms with Gasteiger partial charge in [0, 0.05) is 41.1 Å². The average molecular weight is 468 g/mol. The van der Waals surface area contributed by atoms with Crippen LogP contribution in [0.2, 0.25) is 0 Å². The zero-order chi connectivity index (χ0) is 24.2. The highest BCUT2D eigenvalue weighted by atomic mass is 19.1. The van der Waals surface area contributed by atoms with E-state index >= 15 is 8.78 Å². The number of esters is 1. The third kappa shape index (κ3) is 4.42. The van der Waals surface area contributed by atoms with Crippen molar-refractivity contribution in [2.24, 2.45) is 5.73 Å². The summed E-state index contributed by atoms with van der Waals surface area (Å²) in [6, 6.07) is 9.37. The Kier molecular flexibility index (Phi) is 6.74. The third-order valence-electron chi connectivity index (χ3n) is 5.41. The van der Waals surface area contributed by atoms with Gasteiger partial charge < -0.3 is 24.4 Å². The monoisotopic (exact) mass is 468 g/mol. The Hall–Kier alpha value is -3.98. The summed E-state index contributed by atoms with van der Waals surface area (Å²) in [6.45, 7) is -0.283. The number of nitrogens with zero attached hydrogens (tertiary/aromatic N) is 1. The van der Waals surface area contributed by atoms with Crippen LogP contribution in [-0.2, 0) is 29.1 Å². The fourth-order valence-corrected chi connectivity index (χ4v) is 3.63. The number of pyridine rings is 1. The predicted octanol–water partition coefficient (Wildman–Crippen LogP) is 4.53. The topological polar surface area (TPSA) is 96.8 Å². The number of furan rings is 1. The second kappa shape index (κ2) is 9.88. The second-order valence-corrected chi connectivity index (χ2v) is 7.40. The van der Waals surface area contributed by atoms with Crippen molar-refractivity contribution in [1.29, 1.82) is 0 Å². The van der Waals surface area contributed by atoms with Crippen LogP contribution in [0.15, 0.2) is 53.3 Å². The van der Waals surface area contributed by atoms with E-state index in [0.29, 0.717) is 22.6 Å². The Balaban J connectivity index is 1.75. The van der Waals surface area contributed by atoms with Gasteiger partial charge in [0.2, 0.25) is 0 Å². The maximum absolute atomic E-state index is 15.3. The molecular formula is C25H22F2N2O5. The van der Waals surface area contributed by atoms with Crippen molar-refractivity contribution in [3.05, 3.63) is 77.3 Å². The van der Waals surface area contributed by atoms with Gasteiger partial charge in [-0.05, 0) is 24.3 Å². The molecule has 4 aromatic rings. The van der Waals surface area contributed by atoms with Gasteiger partial charge in [-0.25, -0.2) is 8.78 Å². The highest BCUT2D eigenvalue weighted by Gasteiger charge is 2.20. The first-order valence-corrected chi connectivity index (χ1v) is 10.4. The Morgan fingerprint density at radius 1 is 1.06 bits per heavy atom. The van der Waals surface area contributed by atoms with Gasteiger partial charge in [-0.3, -0.25) is 9.78 Å². The van der Waals surface area contributed by atoms with Gasteiger partial charge in [-0.2, -0.15) is 0 Å². The number of benzene rings is 2. The number of hydrogen-bond donors (Lipinski definition) is 1. The normalized spacial score (nSPS) is 11.0. The number of nitrogens with two attached hydrogens (primary N) is 1. The Bertz CT molecular complexity index is 1350. The lowest BCUT2D eigenvalue weighted by Gasteiger charge is -2.15. The lowest BCUT2D eigenvalue weighted by atomic mass is 9.99. The molecule has 7 nitrogen and oxygen atoms in total. The molecule has 0 aliphatic heterocycles. The zero-order valence-corrected chi connectivity index (χ0v) is 18.6. The fourth-order valence-electron chi connectivity index (χ4n) is 3.63. The minimum Gasteiger partial charge on any atom is -0.497 e. The summed E-state index contributed by atoms with van der Waals surface area (Å²) in [6.07, 6.45) is 2.74. The van der Waals surface area contributed by atoms with Gasteiger partial charge in [-0.15, -0.1) is 0 Å². The minimum atomic E-state index is -0.602. The molecule has 0 bridgehead atoms. The summed E-state index contributed by atoms with van der Waals surface area (Å²) < 4.78 is 51.6. The van der Waals surface area contributed by atoms with E-state index in [1.165, 1.54) is 44.9 Å². The van der Waals surface area contributed by atoms with Crippen molar-refractivity contribution >= 4 is 16.9 Å². The lowest BCUT2D eigenvalue weighted by molar-refractivity contribution is -0.139. The first kappa shape index (κ1) is 23.2. The summed E-state index contributed by atoms with van der Waals surface area (Å²) in [4.78, 5) is 15.7. The number of ether oxygens (including phenoxy) is 3. The molecule has 4 rings (SSSR count). The molecule has 2 N–H and O–H groups in total. The molecule has 0 saturated heterocycles. The fraction of sp³-hybridized carbons (Fsp3) is 0.200. The van der Waals surface area contributed by atoms with Crippen LogP contribution in [0.4, 0.5) is 8.78 Å². The zero-order valence-electron chi connectivity index (χ0n) is 18.6. The van der Waals surface area contributed by atoms with E-state index in [1.807, 2.05) is 0 Å². The number of halogens is 2. The van der Waals surface area contributed by atoms with Crippen LogP contribution in [0.25, 0.3) is 22.1 Å². The van der Waals surface area contributed by atoms with E-state index in [1.54, 1.807) is 18.2 Å². The van der Waals surface area contributed by atoms with Crippen LogP contribution in [0.1, 0.15) is 16.8 Å². The highest BCUT2D eigenvalue weighted by molar-refractivity contribution is 5.93. The molecule has 2 heterocycles. The molecule has 34 heavy (non-hydrogen) atoms. The van der Waals surface area contributed by atoms with Gasteiger partial charge in [0.1, 0.15) is 29.5 Å². The maximum Gasteiger partial charge on any atom is 0.310 e. The Labute approximate surface area is 194 Å². The van der Waals surface area contributed by atoms with E-state index in [2.05, 4.69) is 4.98 Å². The Morgan fingerprint density at radius 2 is 1.88 bits per heavy atom. The predicted molar refractivity (Wildman–Crippen MR) is 120 cm³/mol. The van der Waals surface area contributed by atoms with Crippen molar-refractivity contribution in [2.45, 2.75) is 19.6 Å². The molecule has 176 valence electrons. The van der Waals surface area contributed by atoms with Crippen LogP contribution in [-0.4, -0.2) is 25.2 Å². The molecule has 2 aromatic carbocycles. The van der Waals surface area contributed by atoms with Crippen molar-refractivity contribution < 1.29 is 32.2 Å². The molecule has 2 aromatic heterocycles. The van der Waals surface area contributed by atoms with Crippen molar-refractivity contribution in [3.8, 4) is 22.6 Å². The summed E-state index contributed by atoms with van der Waals surface area (Å²) in [5.74, 6) is -0.776. The molecule has 0 fully saturated rings. The first-order chi connectivity index (χ1) is 16.5. The number of carbonyl (C=O) groups is 1. The molecule has 0 spiro atoms. The summed E-state index contributed by atoms with van der Waals surface area (Å²) in [5.41, 5.74) is 7.11. The summed E-state index contributed by atoms with van der Waals surface area (Å²) >= 11 is 0. The smallest absolute Gasteiger partial charge is 0.310 e. The van der Waals surface area contributed by atoms with E-state index in [-0.39, 0.29) is 47.4 Å². The van der Waals surface area contributed by atoms with Gasteiger partial charge in [0.25, 0.3) is 0 Å². The van der Waals surface area contributed by atoms with Crippen LogP contribution in [0, 0.1) is 11.6 Å². The SMILES string of the molecule is COC(=O)Cc1ccc(OC)cc1OCc1cc(-c2ccnc(CN)c2F)c2occc2c1F. The van der Waals surface area contributed by atoms with E-state index in [0.717, 1.165) is 0 Å². The van der Waals surface area contributed by atoms with Crippen molar-refractivity contribution in [2.75, 3.05) is 14.2 Å². The summed E-state index contributed by atoms with van der Waals surface area (Å²) in [5, 5.41) is 0.182. The molecular weight excluding hydrogens is 446 g/mol. The van der Waals surface area contributed by atoms with Crippen LogP contribution >= 0.6 is 0 Å². The lowest BCUT2D eigenvalue weighted by Crippen LogP contribution is -2.08. The first-order valence-electron chi connectivity index (χ1n) is 10.4. The number of carbonyl (C=O) groups excluding carboxylic acids is 1. The average Bonchev–Trinajstić information content (AvgIpc) is 3.35.